The monoisotopic (exact) mass is 508 g/mol. The van der Waals surface area contributed by atoms with Crippen molar-refractivity contribution < 1.29 is 9.84 Å². The molecule has 8 heteroatoms. The fourth-order valence-corrected chi connectivity index (χ4v) is 5.14. The van der Waals surface area contributed by atoms with Gasteiger partial charge < -0.3 is 9.84 Å². The van der Waals surface area contributed by atoms with Gasteiger partial charge >= 0.3 is 0 Å². The van der Waals surface area contributed by atoms with Crippen LogP contribution in [0.25, 0.3) is 23.1 Å². The van der Waals surface area contributed by atoms with Crippen molar-refractivity contribution in [1.82, 2.24) is 20.1 Å². The van der Waals surface area contributed by atoms with Crippen LogP contribution in [0.1, 0.15) is 41.8 Å². The zero-order valence-electron chi connectivity index (χ0n) is 19.3. The van der Waals surface area contributed by atoms with Crippen molar-refractivity contribution in [2.24, 2.45) is 0 Å². The van der Waals surface area contributed by atoms with Crippen molar-refractivity contribution in [1.29, 1.82) is 0 Å². The zero-order valence-corrected chi connectivity index (χ0v) is 20.8. The summed E-state index contributed by atoms with van der Waals surface area (Å²) in [4.78, 5) is 6.29. The van der Waals surface area contributed by atoms with E-state index in [0.29, 0.717) is 21.4 Å². The Hall–Kier alpha value is -2.90. The lowest BCUT2D eigenvalue weighted by molar-refractivity contribution is 0.175. The highest BCUT2D eigenvalue weighted by Gasteiger charge is 2.20. The molecule has 1 fully saturated rings. The maximum atomic E-state index is 9.77. The number of likely N-dealkylation sites (tertiary alicyclic amines) is 1. The average Bonchev–Trinajstić information content (AvgIpc) is 3.43. The maximum absolute atomic E-state index is 9.77. The van der Waals surface area contributed by atoms with Crippen LogP contribution in [0.3, 0.4) is 0 Å². The Morgan fingerprint density at radius 2 is 2.00 bits per heavy atom. The van der Waals surface area contributed by atoms with Gasteiger partial charge in [-0.05, 0) is 48.7 Å². The quantitative estimate of drug-likeness (QED) is 0.313. The number of nitrogens with zero attached hydrogens (tertiary/aromatic N) is 3. The van der Waals surface area contributed by atoms with E-state index in [-0.39, 0.29) is 12.2 Å². The first-order valence-electron chi connectivity index (χ1n) is 11.6. The van der Waals surface area contributed by atoms with Crippen LogP contribution in [0.4, 0.5) is 0 Å². The lowest BCUT2D eigenvalue weighted by atomic mass is 10.1. The molecule has 0 amide bonds. The molecule has 0 saturated carbocycles. The molecule has 2 N–H and O–H groups in total. The number of H-pyrrole nitrogens is 1. The number of ether oxygens (including phenoxy) is 1. The molecule has 1 aliphatic heterocycles. The van der Waals surface area contributed by atoms with E-state index in [1.165, 1.54) is 5.56 Å². The predicted molar refractivity (Wildman–Crippen MR) is 141 cm³/mol. The Kier molecular flexibility index (Phi) is 7.07. The standard InChI is InChI=1S/C27H26Cl2N4O2/c1-17(27-23(28)13-30-14-24(27)29)35-21-6-8-26-22(12-21)25(31-32-26)7-5-18-3-2-4-19(11-18)15-33-10-9-20(34)16-33/h2-8,11-14,17,20,34H,9-10,15-16H2,1H3,(H,31,32)/b7-5+/t17-,20?/m1/s1. The van der Waals surface area contributed by atoms with Crippen LogP contribution in [0, 0.1) is 0 Å². The smallest absolute Gasteiger partial charge is 0.124 e. The fraction of sp³-hybridized carbons (Fsp3) is 0.259. The molecule has 0 bridgehead atoms. The van der Waals surface area contributed by atoms with Crippen LogP contribution in [0.15, 0.2) is 54.9 Å². The Bertz CT molecular complexity index is 1350. The molecule has 180 valence electrons. The SMILES string of the molecule is C[C@@H](Oc1ccc2[nH]nc(/C=C/c3cccc(CN4CCC(O)C4)c3)c2c1)c1c(Cl)cncc1Cl. The molecule has 2 aromatic carbocycles. The summed E-state index contributed by atoms with van der Waals surface area (Å²) in [5, 5.41) is 19.2. The Morgan fingerprint density at radius 1 is 1.17 bits per heavy atom. The normalized spacial score (nSPS) is 17.4. The number of benzene rings is 2. The number of aromatic nitrogens is 3. The van der Waals surface area contributed by atoms with Gasteiger partial charge in [0.15, 0.2) is 0 Å². The molecular weight excluding hydrogens is 483 g/mol. The molecule has 6 nitrogen and oxygen atoms in total. The van der Waals surface area contributed by atoms with E-state index in [1.54, 1.807) is 12.4 Å². The van der Waals surface area contributed by atoms with E-state index in [0.717, 1.165) is 48.2 Å². The summed E-state index contributed by atoms with van der Waals surface area (Å²) in [6, 6.07) is 14.2. The number of aliphatic hydroxyl groups is 1. The van der Waals surface area contributed by atoms with Gasteiger partial charge in [-0.3, -0.25) is 15.0 Å². The Morgan fingerprint density at radius 3 is 2.77 bits per heavy atom. The molecule has 3 heterocycles. The van der Waals surface area contributed by atoms with Crippen LogP contribution in [-0.2, 0) is 6.54 Å². The van der Waals surface area contributed by atoms with Crippen LogP contribution >= 0.6 is 23.2 Å². The van der Waals surface area contributed by atoms with E-state index >= 15 is 0 Å². The molecule has 1 aliphatic rings. The van der Waals surface area contributed by atoms with Crippen molar-refractivity contribution in [3.8, 4) is 5.75 Å². The number of fused-ring (bicyclic) bond motifs is 1. The minimum atomic E-state index is -0.346. The molecular formula is C27H26Cl2N4O2. The van der Waals surface area contributed by atoms with Crippen LogP contribution in [0.5, 0.6) is 5.75 Å². The van der Waals surface area contributed by atoms with Gasteiger partial charge in [-0.25, -0.2) is 0 Å². The van der Waals surface area contributed by atoms with Gasteiger partial charge in [-0.15, -0.1) is 0 Å². The van der Waals surface area contributed by atoms with Crippen molar-refractivity contribution >= 4 is 46.3 Å². The van der Waals surface area contributed by atoms with Crippen LogP contribution < -0.4 is 4.74 Å². The Labute approximate surface area is 214 Å². The molecule has 4 aromatic rings. The van der Waals surface area contributed by atoms with Gasteiger partial charge in [0.05, 0.1) is 27.4 Å². The summed E-state index contributed by atoms with van der Waals surface area (Å²) in [5.41, 5.74) is 4.78. The van der Waals surface area contributed by atoms with Gasteiger partial charge in [0, 0.05) is 43.0 Å². The van der Waals surface area contributed by atoms with Gasteiger partial charge in [-0.2, -0.15) is 5.10 Å². The second-order valence-corrected chi connectivity index (χ2v) is 9.66. The summed E-state index contributed by atoms with van der Waals surface area (Å²) in [6.07, 6.45) is 7.48. The minimum absolute atomic E-state index is 0.207. The van der Waals surface area contributed by atoms with Gasteiger partial charge in [-0.1, -0.05) is 53.5 Å². The summed E-state index contributed by atoms with van der Waals surface area (Å²) in [6.45, 7) is 4.42. The lowest BCUT2D eigenvalue weighted by Gasteiger charge is -2.17. The largest absolute Gasteiger partial charge is 0.486 e. The topological polar surface area (TPSA) is 74.3 Å². The van der Waals surface area contributed by atoms with Gasteiger partial charge in [0.1, 0.15) is 11.9 Å². The predicted octanol–water partition coefficient (Wildman–Crippen LogP) is 6.14. The van der Waals surface area contributed by atoms with E-state index < -0.39 is 0 Å². The second kappa shape index (κ2) is 10.4. The summed E-state index contributed by atoms with van der Waals surface area (Å²) in [5.74, 6) is 0.694. The van der Waals surface area contributed by atoms with Crippen LogP contribution in [0.2, 0.25) is 10.0 Å². The number of halogens is 2. The summed E-state index contributed by atoms with van der Waals surface area (Å²) < 4.78 is 6.16. The highest BCUT2D eigenvalue weighted by Crippen LogP contribution is 2.33. The molecule has 0 spiro atoms. The first kappa shape index (κ1) is 23.8. The lowest BCUT2D eigenvalue weighted by Crippen LogP contribution is -2.21. The Balaban J connectivity index is 1.33. The first-order valence-corrected chi connectivity index (χ1v) is 12.3. The molecule has 2 atom stereocenters. The number of pyridine rings is 1. The molecule has 0 radical (unpaired) electrons. The average molecular weight is 509 g/mol. The van der Waals surface area contributed by atoms with E-state index in [1.807, 2.05) is 31.2 Å². The third-order valence-electron chi connectivity index (χ3n) is 6.21. The number of aliphatic hydroxyl groups excluding tert-OH is 1. The molecule has 0 aliphatic carbocycles. The molecule has 5 rings (SSSR count). The van der Waals surface area contributed by atoms with Crippen molar-refractivity contribution in [2.75, 3.05) is 13.1 Å². The zero-order chi connectivity index (χ0) is 24.4. The molecule has 35 heavy (non-hydrogen) atoms. The van der Waals surface area contributed by atoms with E-state index in [9.17, 15) is 5.11 Å². The number of β-amino-alcohol motifs (C(OH)–C–C–N with tert-alkyl or cyclic N) is 1. The molecule has 1 saturated heterocycles. The number of nitrogens with one attached hydrogen (secondary N) is 1. The number of hydrogen-bond acceptors (Lipinski definition) is 5. The fourth-order valence-electron chi connectivity index (χ4n) is 4.47. The van der Waals surface area contributed by atoms with E-state index in [2.05, 4.69) is 50.4 Å². The highest BCUT2D eigenvalue weighted by atomic mass is 35.5. The van der Waals surface area contributed by atoms with Crippen LogP contribution in [-0.4, -0.2) is 44.4 Å². The second-order valence-electron chi connectivity index (χ2n) is 8.85. The number of aromatic amines is 1. The molecule has 1 unspecified atom stereocenters. The third-order valence-corrected chi connectivity index (χ3v) is 6.81. The summed E-state index contributed by atoms with van der Waals surface area (Å²) in [7, 11) is 0. The third kappa shape index (κ3) is 5.52. The maximum Gasteiger partial charge on any atom is 0.124 e. The number of rotatable bonds is 7. The summed E-state index contributed by atoms with van der Waals surface area (Å²) >= 11 is 12.6. The van der Waals surface area contributed by atoms with Crippen molar-refractivity contribution in [3.63, 3.8) is 0 Å². The van der Waals surface area contributed by atoms with Gasteiger partial charge in [0.25, 0.3) is 0 Å². The molecule has 2 aromatic heterocycles. The van der Waals surface area contributed by atoms with Crippen molar-refractivity contribution in [3.05, 3.63) is 87.3 Å². The van der Waals surface area contributed by atoms with Gasteiger partial charge in [0.2, 0.25) is 0 Å². The highest BCUT2D eigenvalue weighted by molar-refractivity contribution is 6.35. The number of hydrogen-bond donors (Lipinski definition) is 2. The minimum Gasteiger partial charge on any atom is -0.486 e. The van der Waals surface area contributed by atoms with E-state index in [4.69, 9.17) is 27.9 Å². The van der Waals surface area contributed by atoms with Crippen molar-refractivity contribution in [2.45, 2.75) is 32.1 Å². The first-order chi connectivity index (χ1) is 17.0.